The molecule has 4 aromatic carbocycles. The number of hydrogen-bond acceptors (Lipinski definition) is 5. The first-order chi connectivity index (χ1) is 21.7. The lowest BCUT2D eigenvalue weighted by Crippen LogP contribution is -2.52. The number of carboxylic acid groups (broad SMARTS) is 1. The molecule has 9 heteroatoms. The summed E-state index contributed by atoms with van der Waals surface area (Å²) < 4.78 is 14.2. The molecule has 8 nitrogen and oxygen atoms in total. The Morgan fingerprint density at radius 2 is 1.56 bits per heavy atom. The van der Waals surface area contributed by atoms with Gasteiger partial charge in [-0.1, -0.05) is 78.9 Å². The molecule has 2 fully saturated rings. The van der Waals surface area contributed by atoms with Crippen molar-refractivity contribution in [2.24, 2.45) is 0 Å². The Kier molecular flexibility index (Phi) is 8.11. The fourth-order valence-corrected chi connectivity index (χ4v) is 6.73. The molecule has 5 atom stereocenters. The van der Waals surface area contributed by atoms with Crippen molar-refractivity contribution < 1.29 is 29.3 Å². The zero-order valence-corrected chi connectivity index (χ0v) is 24.3. The second kappa shape index (κ2) is 12.2. The molecular formula is C36H32FN3O5. The van der Waals surface area contributed by atoms with Gasteiger partial charge in [0.2, 0.25) is 0 Å². The van der Waals surface area contributed by atoms with Crippen LogP contribution in [0.2, 0.25) is 0 Å². The number of hydrogen-bond donors (Lipinski definition) is 3. The molecule has 4 aromatic rings. The van der Waals surface area contributed by atoms with E-state index in [0.717, 1.165) is 11.1 Å². The van der Waals surface area contributed by atoms with Crippen LogP contribution in [0.15, 0.2) is 103 Å². The van der Waals surface area contributed by atoms with Crippen molar-refractivity contribution in [3.8, 4) is 6.07 Å². The molecule has 0 bridgehead atoms. The first kappa shape index (κ1) is 30.0. The van der Waals surface area contributed by atoms with E-state index in [4.69, 9.17) is 0 Å². The number of carbonyl (C=O) groups is 2. The van der Waals surface area contributed by atoms with Gasteiger partial charge in [0.15, 0.2) is 0 Å². The van der Waals surface area contributed by atoms with Crippen LogP contribution in [0.3, 0.4) is 0 Å². The van der Waals surface area contributed by atoms with Crippen LogP contribution in [0.5, 0.6) is 0 Å². The van der Waals surface area contributed by atoms with Gasteiger partial charge in [-0.25, -0.2) is 14.0 Å². The summed E-state index contributed by atoms with van der Waals surface area (Å²) in [6, 6.07) is 29.7. The molecule has 0 aromatic heterocycles. The number of aliphatic hydroxyl groups excluding tert-OH is 2. The maximum atomic E-state index is 14.9. The third-order valence-electron chi connectivity index (χ3n) is 9.09. The lowest BCUT2D eigenvalue weighted by molar-refractivity contribution is -0.0502. The summed E-state index contributed by atoms with van der Waals surface area (Å²) in [6.45, 7) is -0.0820. The molecule has 1 aliphatic heterocycles. The van der Waals surface area contributed by atoms with Crippen LogP contribution in [0, 0.1) is 17.1 Å². The number of carboxylic acids is 1. The molecule has 1 aliphatic carbocycles. The van der Waals surface area contributed by atoms with E-state index in [1.54, 1.807) is 17.0 Å². The standard InChI is InChI=1S/C36H32FN3O5/c37-30-15-14-25(17-28(30)20-38)21-39-31(18-23-8-3-1-4-9-23)32(41)33(42)36(19-29(36)26-11-5-2-6-12-26)40(35(39)45)22-24-10-7-13-27(16-24)34(43)44/h1-17,29,31-33,41-42H,18-19,21-22H2,(H,43,44)/t29?,31-,32+,33-,36?/m1/s1. The van der Waals surface area contributed by atoms with Crippen LogP contribution in [-0.2, 0) is 19.5 Å². The normalized spacial score (nSPS) is 24.3. The van der Waals surface area contributed by atoms with Crippen LogP contribution in [-0.4, -0.2) is 60.9 Å². The van der Waals surface area contributed by atoms with Gasteiger partial charge in [0.05, 0.1) is 22.7 Å². The van der Waals surface area contributed by atoms with Crippen LogP contribution >= 0.6 is 0 Å². The van der Waals surface area contributed by atoms with Crippen LogP contribution < -0.4 is 0 Å². The fourth-order valence-electron chi connectivity index (χ4n) is 6.73. The van der Waals surface area contributed by atoms with Crippen molar-refractivity contribution >= 4 is 12.0 Å². The number of aliphatic hydroxyl groups is 2. The van der Waals surface area contributed by atoms with E-state index in [1.165, 1.54) is 35.2 Å². The highest BCUT2D eigenvalue weighted by Gasteiger charge is 2.68. The molecule has 45 heavy (non-hydrogen) atoms. The minimum atomic E-state index is -1.37. The third-order valence-corrected chi connectivity index (χ3v) is 9.09. The van der Waals surface area contributed by atoms with Crippen molar-refractivity contribution in [3.63, 3.8) is 0 Å². The van der Waals surface area contributed by atoms with Crippen LogP contribution in [0.25, 0.3) is 0 Å². The summed E-state index contributed by atoms with van der Waals surface area (Å²) in [4.78, 5) is 29.7. The minimum Gasteiger partial charge on any atom is -0.478 e. The topological polar surface area (TPSA) is 125 Å². The number of nitrogens with zero attached hydrogens (tertiary/aromatic N) is 3. The zero-order valence-electron chi connectivity index (χ0n) is 24.3. The summed E-state index contributed by atoms with van der Waals surface area (Å²) in [7, 11) is 0. The van der Waals surface area contributed by atoms with Crippen molar-refractivity contribution in [1.82, 2.24) is 9.80 Å². The van der Waals surface area contributed by atoms with Gasteiger partial charge in [-0.2, -0.15) is 5.26 Å². The number of halogens is 1. The molecule has 1 spiro atoms. The molecule has 0 radical (unpaired) electrons. The van der Waals surface area contributed by atoms with Gasteiger partial charge >= 0.3 is 12.0 Å². The van der Waals surface area contributed by atoms with Gasteiger partial charge in [-0.05, 0) is 59.4 Å². The van der Waals surface area contributed by atoms with Gasteiger partial charge in [0, 0.05) is 19.0 Å². The predicted molar refractivity (Wildman–Crippen MR) is 163 cm³/mol. The highest BCUT2D eigenvalue weighted by molar-refractivity contribution is 5.87. The van der Waals surface area contributed by atoms with Gasteiger partial charge < -0.3 is 25.1 Å². The molecule has 1 heterocycles. The monoisotopic (exact) mass is 605 g/mol. The number of rotatable bonds is 8. The Balaban J connectivity index is 1.48. The quantitative estimate of drug-likeness (QED) is 0.257. The van der Waals surface area contributed by atoms with E-state index in [9.17, 15) is 34.6 Å². The largest absolute Gasteiger partial charge is 0.478 e. The highest BCUT2D eigenvalue weighted by Crippen LogP contribution is 2.60. The van der Waals surface area contributed by atoms with E-state index in [-0.39, 0.29) is 36.6 Å². The number of aromatic carboxylic acids is 1. The van der Waals surface area contributed by atoms with Crippen LogP contribution in [0.1, 0.15) is 50.5 Å². The third kappa shape index (κ3) is 5.66. The average molecular weight is 606 g/mol. The number of carbonyl (C=O) groups excluding carboxylic acids is 1. The summed E-state index contributed by atoms with van der Waals surface area (Å²) in [5.41, 5.74) is 1.51. The lowest BCUT2D eigenvalue weighted by atomic mass is 9.90. The Hall–Kier alpha value is -5.04. The highest BCUT2D eigenvalue weighted by atomic mass is 19.1. The molecule has 6 rings (SSSR count). The smallest absolute Gasteiger partial charge is 0.335 e. The van der Waals surface area contributed by atoms with Gasteiger partial charge in [0.25, 0.3) is 0 Å². The second-order valence-corrected chi connectivity index (χ2v) is 11.8. The summed E-state index contributed by atoms with van der Waals surface area (Å²) in [5, 5.41) is 43.1. The Labute approximate surface area is 260 Å². The van der Waals surface area contributed by atoms with E-state index >= 15 is 0 Å². The number of nitriles is 1. The molecule has 2 aliphatic rings. The summed E-state index contributed by atoms with van der Waals surface area (Å²) >= 11 is 0. The molecular weight excluding hydrogens is 573 g/mol. The first-order valence-electron chi connectivity index (χ1n) is 14.8. The molecule has 1 saturated carbocycles. The molecule has 1 saturated heterocycles. The first-order valence-corrected chi connectivity index (χ1v) is 14.8. The van der Waals surface area contributed by atoms with Gasteiger partial charge in [-0.15, -0.1) is 0 Å². The predicted octanol–water partition coefficient (Wildman–Crippen LogP) is 5.09. The molecule has 2 amide bonds. The van der Waals surface area contributed by atoms with E-state index in [2.05, 4.69) is 0 Å². The van der Waals surface area contributed by atoms with Crippen molar-refractivity contribution in [2.45, 2.75) is 55.6 Å². The van der Waals surface area contributed by atoms with Gasteiger partial charge in [-0.3, -0.25) is 0 Å². The van der Waals surface area contributed by atoms with Crippen LogP contribution in [0.4, 0.5) is 9.18 Å². The molecule has 2 unspecified atom stereocenters. The summed E-state index contributed by atoms with van der Waals surface area (Å²) in [6.07, 6.45) is -2.10. The van der Waals surface area contributed by atoms with Crippen molar-refractivity contribution in [2.75, 3.05) is 0 Å². The van der Waals surface area contributed by atoms with E-state index in [0.29, 0.717) is 17.5 Å². The number of urea groups is 1. The maximum Gasteiger partial charge on any atom is 0.335 e. The Morgan fingerprint density at radius 1 is 0.889 bits per heavy atom. The van der Waals surface area contributed by atoms with E-state index < -0.39 is 41.6 Å². The lowest BCUT2D eigenvalue weighted by Gasteiger charge is -2.36. The van der Waals surface area contributed by atoms with Crippen molar-refractivity contribution in [3.05, 3.63) is 142 Å². The average Bonchev–Trinajstić information content (AvgIpc) is 3.82. The van der Waals surface area contributed by atoms with Gasteiger partial charge in [0.1, 0.15) is 24.1 Å². The van der Waals surface area contributed by atoms with Crippen molar-refractivity contribution in [1.29, 1.82) is 5.26 Å². The Morgan fingerprint density at radius 3 is 2.24 bits per heavy atom. The second-order valence-electron chi connectivity index (χ2n) is 11.8. The molecule has 228 valence electrons. The fraction of sp³-hybridized carbons (Fsp3) is 0.250. The number of benzene rings is 4. The number of amides is 2. The molecule has 3 N–H and O–H groups in total. The zero-order chi connectivity index (χ0) is 31.7. The maximum absolute atomic E-state index is 14.9. The Bertz CT molecular complexity index is 1760. The van der Waals surface area contributed by atoms with E-state index in [1.807, 2.05) is 66.7 Å². The minimum absolute atomic E-state index is 0.0194. The SMILES string of the molecule is N#Cc1cc(CN2C(=O)N(Cc3cccc(C(=O)O)c3)C3(CC3c3ccccc3)[C@H](O)[C@@H](O)[C@H]2Cc2ccccc2)ccc1F. The summed E-state index contributed by atoms with van der Waals surface area (Å²) in [5.74, 6) is -2.07.